The molecule has 1 heterocycles. The fourth-order valence-electron chi connectivity index (χ4n) is 4.69. The first-order valence-corrected chi connectivity index (χ1v) is 12.7. The van der Waals surface area contributed by atoms with E-state index < -0.39 is 0 Å². The predicted molar refractivity (Wildman–Crippen MR) is 143 cm³/mol. The molecule has 1 N–H and O–H groups in total. The Hall–Kier alpha value is -4.19. The number of rotatable bonds is 7. The van der Waals surface area contributed by atoms with Crippen molar-refractivity contribution >= 4 is 23.6 Å². The van der Waals surface area contributed by atoms with E-state index in [1.807, 2.05) is 18.2 Å². The minimum Gasteiger partial charge on any atom is -0.449 e. The number of anilines is 1. The fourth-order valence-corrected chi connectivity index (χ4v) is 4.69. The maximum atomic E-state index is 13.8. The number of para-hydroxylation sites is 2. The molecule has 1 aliphatic carbocycles. The first kappa shape index (κ1) is 24.5. The van der Waals surface area contributed by atoms with Crippen molar-refractivity contribution in [1.29, 1.82) is 0 Å². The van der Waals surface area contributed by atoms with E-state index in [1.165, 1.54) is 30.5 Å². The van der Waals surface area contributed by atoms with Gasteiger partial charge in [-0.1, -0.05) is 48.0 Å². The molecule has 3 aromatic carbocycles. The van der Waals surface area contributed by atoms with Crippen LogP contribution in [0.15, 0.2) is 90.2 Å². The van der Waals surface area contributed by atoms with Crippen molar-refractivity contribution in [1.82, 2.24) is 5.32 Å². The molecule has 0 saturated heterocycles. The summed E-state index contributed by atoms with van der Waals surface area (Å²) >= 11 is 0. The van der Waals surface area contributed by atoms with Crippen LogP contribution in [0.5, 0.6) is 5.75 Å². The van der Waals surface area contributed by atoms with Crippen molar-refractivity contribution in [2.45, 2.75) is 38.6 Å². The number of nitrogens with one attached hydrogen (secondary N) is 1. The maximum absolute atomic E-state index is 13.8. The van der Waals surface area contributed by atoms with Gasteiger partial charge in [-0.25, -0.2) is 4.39 Å². The number of amides is 2. The Morgan fingerprint density at radius 1 is 1.03 bits per heavy atom. The number of fused-ring (bicyclic) bond motifs is 1. The molecule has 6 heteroatoms. The molecule has 0 spiro atoms. The minimum absolute atomic E-state index is 0.115. The molecule has 3 aromatic rings. The van der Waals surface area contributed by atoms with Crippen LogP contribution in [-0.2, 0) is 11.3 Å². The zero-order valence-corrected chi connectivity index (χ0v) is 20.6. The number of benzene rings is 3. The normalized spacial score (nSPS) is 16.1. The van der Waals surface area contributed by atoms with Crippen LogP contribution in [0.2, 0.25) is 0 Å². The van der Waals surface area contributed by atoms with Gasteiger partial charge in [0.15, 0.2) is 11.5 Å². The Kier molecular flexibility index (Phi) is 7.45. The summed E-state index contributed by atoms with van der Waals surface area (Å²) in [6, 6.07) is 20.6. The topological polar surface area (TPSA) is 58.6 Å². The van der Waals surface area contributed by atoms with E-state index in [-0.39, 0.29) is 29.9 Å². The highest BCUT2D eigenvalue weighted by atomic mass is 19.1. The summed E-state index contributed by atoms with van der Waals surface area (Å²) in [5.74, 6) is -0.0723. The lowest BCUT2D eigenvalue weighted by molar-refractivity contribution is -0.117. The molecule has 5 nitrogen and oxygen atoms in total. The third-order valence-electron chi connectivity index (χ3n) is 6.65. The molecule has 0 fully saturated rings. The Balaban J connectivity index is 1.29. The van der Waals surface area contributed by atoms with Crippen molar-refractivity contribution in [2.75, 3.05) is 11.4 Å². The first-order chi connectivity index (χ1) is 18.1. The van der Waals surface area contributed by atoms with E-state index in [4.69, 9.17) is 4.74 Å². The number of nitrogens with zero attached hydrogens (tertiary/aromatic N) is 1. The third-order valence-corrected chi connectivity index (χ3v) is 6.65. The Morgan fingerprint density at radius 3 is 2.65 bits per heavy atom. The third kappa shape index (κ3) is 5.97. The van der Waals surface area contributed by atoms with Crippen LogP contribution in [0.4, 0.5) is 10.1 Å². The van der Waals surface area contributed by atoms with Gasteiger partial charge >= 0.3 is 0 Å². The number of hydrogen-bond acceptors (Lipinski definition) is 3. The van der Waals surface area contributed by atoms with E-state index in [0.29, 0.717) is 29.1 Å². The monoisotopic (exact) mass is 496 g/mol. The highest BCUT2D eigenvalue weighted by Gasteiger charge is 2.30. The van der Waals surface area contributed by atoms with Crippen molar-refractivity contribution in [3.05, 3.63) is 113 Å². The number of hydrogen-bond donors (Lipinski definition) is 1. The summed E-state index contributed by atoms with van der Waals surface area (Å²) in [5, 5.41) is 2.99. The highest BCUT2D eigenvalue weighted by Crippen LogP contribution is 2.36. The van der Waals surface area contributed by atoms with Gasteiger partial charge in [0.05, 0.1) is 12.2 Å². The molecule has 37 heavy (non-hydrogen) atoms. The van der Waals surface area contributed by atoms with Gasteiger partial charge in [-0.05, 0) is 85.7 Å². The van der Waals surface area contributed by atoms with Gasteiger partial charge < -0.3 is 10.1 Å². The molecule has 188 valence electrons. The smallest absolute Gasteiger partial charge is 0.294 e. The Morgan fingerprint density at radius 2 is 1.86 bits per heavy atom. The van der Waals surface area contributed by atoms with Crippen LogP contribution in [-0.4, -0.2) is 18.4 Å². The Bertz CT molecular complexity index is 1360. The lowest BCUT2D eigenvalue weighted by atomic mass is 9.97. The van der Waals surface area contributed by atoms with Gasteiger partial charge in [-0.15, -0.1) is 0 Å². The van der Waals surface area contributed by atoms with E-state index in [2.05, 4.69) is 11.4 Å². The molecule has 0 bridgehead atoms. The Labute approximate surface area is 216 Å². The zero-order valence-electron chi connectivity index (χ0n) is 20.6. The summed E-state index contributed by atoms with van der Waals surface area (Å²) < 4.78 is 19.7. The summed E-state index contributed by atoms with van der Waals surface area (Å²) in [4.78, 5) is 27.5. The van der Waals surface area contributed by atoms with E-state index in [0.717, 1.165) is 24.8 Å². The van der Waals surface area contributed by atoms with Crippen molar-refractivity contribution in [3.8, 4) is 5.75 Å². The zero-order chi connectivity index (χ0) is 25.6. The molecule has 5 rings (SSSR count). The number of carbonyl (C=O) groups is 2. The fraction of sp³-hybridized carbons (Fsp3) is 0.226. The number of ether oxygens (including phenoxy) is 1. The summed E-state index contributed by atoms with van der Waals surface area (Å²) in [6.07, 6.45) is 9.61. The van der Waals surface area contributed by atoms with Crippen LogP contribution >= 0.6 is 0 Å². The number of carbonyl (C=O) groups excluding carboxylic acids is 2. The van der Waals surface area contributed by atoms with E-state index >= 15 is 0 Å². The second-order valence-corrected chi connectivity index (χ2v) is 9.34. The van der Waals surface area contributed by atoms with Crippen LogP contribution in [0.1, 0.15) is 53.6 Å². The average molecular weight is 497 g/mol. The average Bonchev–Trinajstić information content (AvgIpc) is 2.92. The first-order valence-electron chi connectivity index (χ1n) is 12.7. The maximum Gasteiger partial charge on any atom is 0.294 e. The second kappa shape index (κ2) is 11.2. The molecule has 0 unspecified atom stereocenters. The van der Waals surface area contributed by atoms with Crippen LogP contribution in [0.25, 0.3) is 6.08 Å². The van der Waals surface area contributed by atoms with Crippen LogP contribution in [0, 0.1) is 5.82 Å². The summed E-state index contributed by atoms with van der Waals surface area (Å²) in [7, 11) is 0. The molecule has 0 radical (unpaired) electrons. The van der Waals surface area contributed by atoms with Gasteiger partial charge in [0.2, 0.25) is 0 Å². The number of halogens is 1. The van der Waals surface area contributed by atoms with Crippen molar-refractivity contribution in [3.63, 3.8) is 0 Å². The SMILES string of the molecule is O=C(NCCC1=CCCCC1)c1ccc(C=C2Oc3ccccc3N(Cc3cccc(F)c3)C2=O)cc1. The summed E-state index contributed by atoms with van der Waals surface area (Å²) in [6.45, 7) is 0.837. The molecule has 0 aromatic heterocycles. The van der Waals surface area contributed by atoms with Crippen molar-refractivity contribution < 1.29 is 18.7 Å². The van der Waals surface area contributed by atoms with Gasteiger partial charge in [0.1, 0.15) is 5.82 Å². The molecular formula is C31H29FN2O3. The molecule has 2 amide bonds. The lowest BCUT2D eigenvalue weighted by Gasteiger charge is -2.30. The number of allylic oxidation sites excluding steroid dienone is 1. The minimum atomic E-state index is -0.350. The standard InChI is InChI=1S/C31H29FN2O3/c32-26-10-6-9-24(19-26)21-34-27-11-4-5-12-28(27)37-29(31(34)36)20-23-13-15-25(16-14-23)30(35)33-18-17-22-7-2-1-3-8-22/h4-7,9-16,19-20H,1-3,8,17-18,21H2,(H,33,35). The summed E-state index contributed by atoms with van der Waals surface area (Å²) in [5.41, 5.74) is 4.04. The van der Waals surface area contributed by atoms with Crippen LogP contribution < -0.4 is 15.0 Å². The molecule has 0 saturated carbocycles. The van der Waals surface area contributed by atoms with Crippen molar-refractivity contribution in [2.24, 2.45) is 0 Å². The van der Waals surface area contributed by atoms with Crippen LogP contribution in [0.3, 0.4) is 0 Å². The largest absolute Gasteiger partial charge is 0.449 e. The lowest BCUT2D eigenvalue weighted by Crippen LogP contribution is -2.36. The molecule has 0 atom stereocenters. The van der Waals surface area contributed by atoms with Gasteiger partial charge in [0, 0.05) is 12.1 Å². The molecule has 1 aliphatic heterocycles. The van der Waals surface area contributed by atoms with Gasteiger partial charge in [-0.3, -0.25) is 14.5 Å². The highest BCUT2D eigenvalue weighted by molar-refractivity contribution is 6.09. The predicted octanol–water partition coefficient (Wildman–Crippen LogP) is 6.41. The molecule has 2 aliphatic rings. The quantitative estimate of drug-likeness (QED) is 0.304. The van der Waals surface area contributed by atoms with Gasteiger partial charge in [0.25, 0.3) is 11.8 Å². The second-order valence-electron chi connectivity index (χ2n) is 9.34. The van der Waals surface area contributed by atoms with E-state index in [9.17, 15) is 14.0 Å². The molecular weight excluding hydrogens is 467 g/mol. The van der Waals surface area contributed by atoms with Gasteiger partial charge in [-0.2, -0.15) is 0 Å². The van der Waals surface area contributed by atoms with E-state index in [1.54, 1.807) is 53.4 Å².